The fourth-order valence-corrected chi connectivity index (χ4v) is 4.31. The van der Waals surface area contributed by atoms with Crippen molar-refractivity contribution in [2.24, 2.45) is 0 Å². The Morgan fingerprint density at radius 3 is 2.25 bits per heavy atom. The minimum absolute atomic E-state index is 0.0805. The normalized spacial score (nSPS) is 30.8. The molecule has 2 aliphatic rings. The molecule has 2 heterocycles. The van der Waals surface area contributed by atoms with Crippen molar-refractivity contribution in [3.8, 4) is 0 Å². The van der Waals surface area contributed by atoms with Crippen LogP contribution in [0.2, 0.25) is 0 Å². The molecular weight excluding hydrogens is 451 g/mol. The molecule has 0 amide bonds. The van der Waals surface area contributed by atoms with Crippen LogP contribution in [0.3, 0.4) is 0 Å². The van der Waals surface area contributed by atoms with E-state index in [0.717, 1.165) is 9.99 Å². The molecule has 2 aliphatic heterocycles. The molecule has 0 aromatic heterocycles. The fraction of sp³-hybridized carbons (Fsp3) is 0.600. The van der Waals surface area contributed by atoms with Crippen molar-refractivity contribution in [3.05, 3.63) is 29.8 Å². The molecule has 9 heteroatoms. The van der Waals surface area contributed by atoms with E-state index in [2.05, 4.69) is 22.6 Å². The van der Waals surface area contributed by atoms with Crippen LogP contribution in [0.1, 0.15) is 5.56 Å². The summed E-state index contributed by atoms with van der Waals surface area (Å²) in [6.45, 7) is 2.04. The summed E-state index contributed by atoms with van der Waals surface area (Å²) in [4.78, 5) is 0.120. The number of rotatable bonds is 6. The molecule has 3 rings (SSSR count). The van der Waals surface area contributed by atoms with Crippen molar-refractivity contribution in [2.75, 3.05) is 24.6 Å². The van der Waals surface area contributed by atoms with E-state index in [1.165, 1.54) is 12.1 Å². The van der Waals surface area contributed by atoms with Crippen molar-refractivity contribution in [1.29, 1.82) is 0 Å². The average molecular weight is 470 g/mol. The van der Waals surface area contributed by atoms with Crippen LogP contribution in [-0.4, -0.2) is 57.5 Å². The third-order valence-corrected chi connectivity index (χ3v) is 6.16. The highest BCUT2D eigenvalue weighted by Crippen LogP contribution is 2.27. The molecule has 0 saturated carbocycles. The number of benzene rings is 1. The molecule has 4 atom stereocenters. The molecular formula is C15H19IO7S. The summed E-state index contributed by atoms with van der Waals surface area (Å²) in [7, 11) is -3.84. The predicted molar refractivity (Wildman–Crippen MR) is 92.4 cm³/mol. The highest BCUT2D eigenvalue weighted by Gasteiger charge is 2.44. The summed E-state index contributed by atoms with van der Waals surface area (Å²) in [5.74, 6) is 0. The highest BCUT2D eigenvalue weighted by atomic mass is 127. The summed E-state index contributed by atoms with van der Waals surface area (Å²) in [5.41, 5.74) is 0.977. The second kappa shape index (κ2) is 7.94. The lowest BCUT2D eigenvalue weighted by Gasteiger charge is -2.24. The van der Waals surface area contributed by atoms with Gasteiger partial charge in [0, 0.05) is 4.43 Å². The van der Waals surface area contributed by atoms with Crippen LogP contribution >= 0.6 is 22.6 Å². The largest absolute Gasteiger partial charge is 0.349 e. The van der Waals surface area contributed by atoms with E-state index in [-0.39, 0.29) is 37.3 Å². The molecule has 1 aromatic carbocycles. The summed E-state index contributed by atoms with van der Waals surface area (Å²) in [6, 6.07) is 6.49. The van der Waals surface area contributed by atoms with Crippen molar-refractivity contribution in [3.63, 3.8) is 0 Å². The minimum Gasteiger partial charge on any atom is -0.349 e. The smallest absolute Gasteiger partial charge is 0.297 e. The van der Waals surface area contributed by atoms with Gasteiger partial charge in [0.2, 0.25) is 0 Å². The SMILES string of the molecule is Cc1ccc(S(=O)(=O)OC[C@@H]2OCO[C@H]2[C@H]2OCO[C@H]2CI)cc1. The van der Waals surface area contributed by atoms with Crippen LogP contribution in [0.5, 0.6) is 0 Å². The first kappa shape index (κ1) is 18.5. The van der Waals surface area contributed by atoms with E-state index < -0.39 is 22.3 Å². The summed E-state index contributed by atoms with van der Waals surface area (Å²) < 4.78 is 52.5. The molecule has 7 nitrogen and oxygen atoms in total. The van der Waals surface area contributed by atoms with Crippen LogP contribution in [0.25, 0.3) is 0 Å². The maximum atomic E-state index is 12.3. The van der Waals surface area contributed by atoms with Gasteiger partial charge in [-0.15, -0.1) is 0 Å². The summed E-state index contributed by atoms with van der Waals surface area (Å²) in [6.07, 6.45) is -1.34. The van der Waals surface area contributed by atoms with Crippen LogP contribution in [0, 0.1) is 6.92 Å². The van der Waals surface area contributed by atoms with Gasteiger partial charge in [0.15, 0.2) is 0 Å². The monoisotopic (exact) mass is 470 g/mol. The van der Waals surface area contributed by atoms with Crippen LogP contribution in [0.4, 0.5) is 0 Å². The van der Waals surface area contributed by atoms with Gasteiger partial charge in [-0.2, -0.15) is 8.42 Å². The van der Waals surface area contributed by atoms with E-state index in [0.29, 0.717) is 0 Å². The van der Waals surface area contributed by atoms with Crippen LogP contribution in [-0.2, 0) is 33.2 Å². The molecule has 0 spiro atoms. The highest BCUT2D eigenvalue weighted by molar-refractivity contribution is 14.1. The Kier molecular flexibility index (Phi) is 6.11. The van der Waals surface area contributed by atoms with Crippen molar-refractivity contribution in [1.82, 2.24) is 0 Å². The predicted octanol–water partition coefficient (Wildman–Crippen LogP) is 1.62. The van der Waals surface area contributed by atoms with Gasteiger partial charge < -0.3 is 18.9 Å². The zero-order valence-corrected chi connectivity index (χ0v) is 16.1. The number of hydrogen-bond acceptors (Lipinski definition) is 7. The number of aryl methyl sites for hydroxylation is 1. The molecule has 134 valence electrons. The Morgan fingerprint density at radius 2 is 1.62 bits per heavy atom. The Hall–Kier alpha value is -0.300. The molecule has 0 unspecified atom stereocenters. The standard InChI is InChI=1S/C15H19IO7S/c1-10-2-4-11(5-3-10)24(17,18)23-7-13-15(22-9-20-13)14-12(6-16)19-8-21-14/h2-5,12-15H,6-9H2,1H3/t12-,13-,14-,15+/m0/s1. The maximum Gasteiger partial charge on any atom is 0.297 e. The third-order valence-electron chi connectivity index (χ3n) is 3.99. The lowest BCUT2D eigenvalue weighted by Crippen LogP contribution is -2.44. The zero-order valence-electron chi connectivity index (χ0n) is 13.1. The van der Waals surface area contributed by atoms with Gasteiger partial charge in [0.05, 0.1) is 17.6 Å². The van der Waals surface area contributed by atoms with Gasteiger partial charge in [-0.05, 0) is 19.1 Å². The van der Waals surface area contributed by atoms with Gasteiger partial charge in [0.25, 0.3) is 10.1 Å². The summed E-state index contributed by atoms with van der Waals surface area (Å²) in [5, 5.41) is 0. The molecule has 0 aliphatic carbocycles. The van der Waals surface area contributed by atoms with Gasteiger partial charge in [-0.3, -0.25) is 4.18 Å². The van der Waals surface area contributed by atoms with Crippen molar-refractivity contribution >= 4 is 32.7 Å². The lowest BCUT2D eigenvalue weighted by molar-refractivity contribution is -0.0324. The van der Waals surface area contributed by atoms with Crippen molar-refractivity contribution in [2.45, 2.75) is 36.2 Å². The molecule has 24 heavy (non-hydrogen) atoms. The van der Waals surface area contributed by atoms with Gasteiger partial charge in [-0.25, -0.2) is 0 Å². The van der Waals surface area contributed by atoms with Gasteiger partial charge in [-0.1, -0.05) is 40.3 Å². The Labute approximate surface area is 154 Å². The molecule has 0 N–H and O–H groups in total. The zero-order chi connectivity index (χ0) is 17.2. The topological polar surface area (TPSA) is 80.3 Å². The maximum absolute atomic E-state index is 12.3. The van der Waals surface area contributed by atoms with Crippen molar-refractivity contribution < 1.29 is 31.5 Å². The number of ether oxygens (including phenoxy) is 4. The Bertz CT molecular complexity index is 648. The molecule has 2 fully saturated rings. The average Bonchev–Trinajstić information content (AvgIpc) is 3.21. The lowest BCUT2D eigenvalue weighted by atomic mass is 10.0. The quantitative estimate of drug-likeness (QED) is 0.355. The van der Waals surface area contributed by atoms with E-state index in [1.807, 2.05) is 6.92 Å². The first-order valence-corrected chi connectivity index (χ1v) is 10.4. The fourth-order valence-electron chi connectivity index (χ4n) is 2.63. The molecule has 0 radical (unpaired) electrons. The minimum atomic E-state index is -3.84. The Morgan fingerprint density at radius 1 is 1.04 bits per heavy atom. The Balaban J connectivity index is 1.63. The first-order chi connectivity index (χ1) is 11.5. The molecule has 2 saturated heterocycles. The second-order valence-electron chi connectivity index (χ2n) is 5.61. The number of halogens is 1. The summed E-state index contributed by atoms with van der Waals surface area (Å²) >= 11 is 2.21. The van der Waals surface area contributed by atoms with Crippen LogP contribution in [0.15, 0.2) is 29.2 Å². The van der Waals surface area contributed by atoms with E-state index >= 15 is 0 Å². The molecule has 0 bridgehead atoms. The van der Waals surface area contributed by atoms with E-state index in [9.17, 15) is 8.42 Å². The molecule has 1 aromatic rings. The van der Waals surface area contributed by atoms with Gasteiger partial charge >= 0.3 is 0 Å². The number of alkyl halides is 1. The number of hydrogen-bond donors (Lipinski definition) is 0. The van der Waals surface area contributed by atoms with Crippen LogP contribution < -0.4 is 0 Å². The second-order valence-corrected chi connectivity index (χ2v) is 8.11. The van der Waals surface area contributed by atoms with Gasteiger partial charge in [0.1, 0.15) is 31.9 Å². The first-order valence-electron chi connectivity index (χ1n) is 7.50. The van der Waals surface area contributed by atoms with E-state index in [1.54, 1.807) is 12.1 Å². The van der Waals surface area contributed by atoms with E-state index in [4.69, 9.17) is 23.1 Å². The third kappa shape index (κ3) is 4.09.